The van der Waals surface area contributed by atoms with Crippen LogP contribution in [-0.2, 0) is 6.54 Å². The Kier molecular flexibility index (Phi) is 6.02. The molecule has 0 bridgehead atoms. The van der Waals surface area contributed by atoms with Gasteiger partial charge in [-0.05, 0) is 99.4 Å². The van der Waals surface area contributed by atoms with Crippen molar-refractivity contribution in [2.75, 3.05) is 33.2 Å². The molecule has 0 aromatic carbocycles. The molecule has 1 N–H and O–H groups in total. The van der Waals surface area contributed by atoms with Crippen LogP contribution in [0, 0.1) is 5.41 Å². The molecule has 136 valence electrons. The van der Waals surface area contributed by atoms with Gasteiger partial charge in [-0.15, -0.1) is 0 Å². The Morgan fingerprint density at radius 1 is 1.17 bits per heavy atom. The average Bonchev–Trinajstić information content (AvgIpc) is 3.06. The summed E-state index contributed by atoms with van der Waals surface area (Å²) in [6.07, 6.45) is 8.22. The lowest BCUT2D eigenvalue weighted by atomic mass is 9.64. The van der Waals surface area contributed by atoms with Crippen molar-refractivity contribution < 1.29 is 5.11 Å². The van der Waals surface area contributed by atoms with E-state index in [9.17, 15) is 5.11 Å². The zero-order chi connectivity index (χ0) is 17.0. The second kappa shape index (κ2) is 7.86. The van der Waals surface area contributed by atoms with E-state index in [0.29, 0.717) is 5.41 Å². The van der Waals surface area contributed by atoms with Crippen molar-refractivity contribution in [2.45, 2.75) is 64.0 Å². The summed E-state index contributed by atoms with van der Waals surface area (Å²) in [6.45, 7) is 7.71. The van der Waals surface area contributed by atoms with Crippen molar-refractivity contribution in [1.82, 2.24) is 9.80 Å². The van der Waals surface area contributed by atoms with Gasteiger partial charge in [-0.2, -0.15) is 11.3 Å². The van der Waals surface area contributed by atoms with E-state index in [1.165, 1.54) is 44.3 Å². The molecule has 0 radical (unpaired) electrons. The number of rotatable bonds is 6. The van der Waals surface area contributed by atoms with Gasteiger partial charge in [0.25, 0.3) is 0 Å². The monoisotopic (exact) mass is 350 g/mol. The molecule has 1 aliphatic heterocycles. The van der Waals surface area contributed by atoms with Crippen molar-refractivity contribution in [1.29, 1.82) is 0 Å². The Labute approximate surface area is 151 Å². The molecule has 24 heavy (non-hydrogen) atoms. The Morgan fingerprint density at radius 2 is 1.88 bits per heavy atom. The van der Waals surface area contributed by atoms with E-state index >= 15 is 0 Å². The fraction of sp³-hybridized carbons (Fsp3) is 0.800. The van der Waals surface area contributed by atoms with E-state index in [0.717, 1.165) is 38.9 Å². The Bertz CT molecular complexity index is 484. The summed E-state index contributed by atoms with van der Waals surface area (Å²) in [5.41, 5.74) is 1.54. The second-order valence-electron chi connectivity index (χ2n) is 8.37. The number of piperidine rings is 1. The minimum atomic E-state index is -0.441. The normalized spacial score (nSPS) is 23.8. The molecule has 4 heteroatoms. The van der Waals surface area contributed by atoms with E-state index in [2.05, 4.69) is 40.6 Å². The van der Waals surface area contributed by atoms with Crippen molar-refractivity contribution >= 4 is 11.3 Å². The van der Waals surface area contributed by atoms with E-state index in [1.54, 1.807) is 11.3 Å². The third-order valence-corrected chi connectivity index (χ3v) is 7.05. The quantitative estimate of drug-likeness (QED) is 0.841. The molecular formula is C20H34N2OS. The molecule has 1 aromatic heterocycles. The van der Waals surface area contributed by atoms with Gasteiger partial charge in [0.2, 0.25) is 0 Å². The highest BCUT2D eigenvalue weighted by molar-refractivity contribution is 7.07. The molecule has 3 rings (SSSR count). The van der Waals surface area contributed by atoms with E-state index in [1.807, 2.05) is 0 Å². The molecule has 0 amide bonds. The van der Waals surface area contributed by atoms with Gasteiger partial charge in [0.1, 0.15) is 0 Å². The van der Waals surface area contributed by atoms with Crippen LogP contribution in [0.2, 0.25) is 0 Å². The largest absolute Gasteiger partial charge is 0.389 e. The fourth-order valence-electron chi connectivity index (χ4n) is 4.69. The molecule has 1 aromatic rings. The van der Waals surface area contributed by atoms with Crippen molar-refractivity contribution in [3.05, 3.63) is 22.4 Å². The van der Waals surface area contributed by atoms with Crippen LogP contribution >= 0.6 is 11.3 Å². The standard InChI is InChI=1S/C20H34N2OS/c1-3-11-21(2)17-20(23)7-5-19(6-8-20)9-12-22(13-10-19)15-18-4-14-24-16-18/h4,14,16,23H,3,5-13,15,17H2,1-2H3. The number of thiophene rings is 1. The van der Waals surface area contributed by atoms with Crippen LogP contribution < -0.4 is 0 Å². The van der Waals surface area contributed by atoms with Crippen LogP contribution in [0.15, 0.2) is 16.8 Å². The van der Waals surface area contributed by atoms with Gasteiger partial charge in [0.15, 0.2) is 0 Å². The number of nitrogens with zero attached hydrogens (tertiary/aromatic N) is 2. The topological polar surface area (TPSA) is 26.7 Å². The third kappa shape index (κ3) is 4.60. The zero-order valence-electron chi connectivity index (χ0n) is 15.5. The first-order valence-corrected chi connectivity index (χ1v) is 10.6. The minimum Gasteiger partial charge on any atom is -0.389 e. The summed E-state index contributed by atoms with van der Waals surface area (Å²) in [5.74, 6) is 0. The first-order chi connectivity index (χ1) is 11.5. The zero-order valence-corrected chi connectivity index (χ0v) is 16.3. The van der Waals surface area contributed by atoms with Crippen molar-refractivity contribution in [3.8, 4) is 0 Å². The maximum Gasteiger partial charge on any atom is 0.0774 e. The van der Waals surface area contributed by atoms with Crippen molar-refractivity contribution in [3.63, 3.8) is 0 Å². The van der Waals surface area contributed by atoms with Crippen LogP contribution in [0.25, 0.3) is 0 Å². The Balaban J connectivity index is 1.46. The Hall–Kier alpha value is -0.420. The van der Waals surface area contributed by atoms with Crippen LogP contribution in [0.4, 0.5) is 0 Å². The number of hydrogen-bond donors (Lipinski definition) is 1. The fourth-order valence-corrected chi connectivity index (χ4v) is 5.35. The van der Waals surface area contributed by atoms with Gasteiger partial charge >= 0.3 is 0 Å². The predicted molar refractivity (Wildman–Crippen MR) is 102 cm³/mol. The molecular weight excluding hydrogens is 316 g/mol. The SMILES string of the molecule is CCCN(C)CC1(O)CCC2(CCN(Cc3ccsc3)CC2)CC1. The van der Waals surface area contributed by atoms with E-state index in [4.69, 9.17) is 0 Å². The molecule has 0 unspecified atom stereocenters. The van der Waals surface area contributed by atoms with Crippen LogP contribution in [0.3, 0.4) is 0 Å². The van der Waals surface area contributed by atoms with Gasteiger partial charge in [-0.1, -0.05) is 6.92 Å². The van der Waals surface area contributed by atoms with E-state index in [-0.39, 0.29) is 0 Å². The Morgan fingerprint density at radius 3 is 2.46 bits per heavy atom. The molecule has 2 aliphatic rings. The first kappa shape index (κ1) is 18.4. The number of likely N-dealkylation sites (N-methyl/N-ethyl adjacent to an activating group) is 1. The maximum atomic E-state index is 11.0. The number of likely N-dealkylation sites (tertiary alicyclic amines) is 1. The smallest absolute Gasteiger partial charge is 0.0774 e. The number of hydrogen-bond acceptors (Lipinski definition) is 4. The van der Waals surface area contributed by atoms with Crippen LogP contribution in [-0.4, -0.2) is 53.7 Å². The first-order valence-electron chi connectivity index (χ1n) is 9.67. The lowest BCUT2D eigenvalue weighted by Crippen LogP contribution is -2.49. The molecule has 3 nitrogen and oxygen atoms in total. The van der Waals surface area contributed by atoms with Crippen molar-refractivity contribution in [2.24, 2.45) is 5.41 Å². The van der Waals surface area contributed by atoms with Gasteiger partial charge in [-0.25, -0.2) is 0 Å². The molecule has 1 spiro atoms. The van der Waals surface area contributed by atoms with Gasteiger partial charge in [0.05, 0.1) is 5.60 Å². The minimum absolute atomic E-state index is 0.441. The highest BCUT2D eigenvalue weighted by Crippen LogP contribution is 2.47. The van der Waals surface area contributed by atoms with Crippen LogP contribution in [0.1, 0.15) is 57.4 Å². The summed E-state index contributed by atoms with van der Waals surface area (Å²) in [4.78, 5) is 4.92. The van der Waals surface area contributed by atoms with E-state index < -0.39 is 5.60 Å². The van der Waals surface area contributed by atoms with Gasteiger partial charge in [-0.3, -0.25) is 4.90 Å². The lowest BCUT2D eigenvalue weighted by Gasteiger charge is -2.49. The predicted octanol–water partition coefficient (Wildman–Crippen LogP) is 3.98. The van der Waals surface area contributed by atoms with Crippen LogP contribution in [0.5, 0.6) is 0 Å². The summed E-state index contributed by atoms with van der Waals surface area (Å²) >= 11 is 1.80. The molecule has 0 atom stereocenters. The number of aliphatic hydroxyl groups is 1. The molecule has 1 aliphatic carbocycles. The summed E-state index contributed by atoms with van der Waals surface area (Å²) in [6, 6.07) is 2.25. The second-order valence-corrected chi connectivity index (χ2v) is 9.15. The lowest BCUT2D eigenvalue weighted by molar-refractivity contribution is -0.0665. The average molecular weight is 351 g/mol. The van der Waals surface area contributed by atoms with Gasteiger partial charge in [0, 0.05) is 13.1 Å². The highest BCUT2D eigenvalue weighted by atomic mass is 32.1. The third-order valence-electron chi connectivity index (χ3n) is 6.31. The molecule has 1 saturated carbocycles. The molecule has 2 fully saturated rings. The summed E-state index contributed by atoms with van der Waals surface area (Å²) in [5, 5.41) is 15.4. The molecule has 2 heterocycles. The highest BCUT2D eigenvalue weighted by Gasteiger charge is 2.43. The van der Waals surface area contributed by atoms with Gasteiger partial charge < -0.3 is 10.0 Å². The summed E-state index contributed by atoms with van der Waals surface area (Å²) in [7, 11) is 2.15. The molecule has 1 saturated heterocycles. The summed E-state index contributed by atoms with van der Waals surface area (Å²) < 4.78 is 0. The maximum absolute atomic E-state index is 11.0.